The molecular weight excluding hydrogens is 358 g/mol. The summed E-state index contributed by atoms with van der Waals surface area (Å²) in [6.07, 6.45) is 0. The molecule has 140 valence electrons. The second-order valence-electron chi connectivity index (χ2n) is 6.34. The molecule has 2 heterocycles. The maximum atomic E-state index is 12.5. The average molecular weight is 375 g/mol. The number of carbonyl (C=O) groups excluding carboxylic acids is 1. The van der Waals surface area contributed by atoms with Crippen LogP contribution in [-0.4, -0.2) is 27.1 Å². The van der Waals surface area contributed by atoms with Crippen LogP contribution in [0.25, 0.3) is 28.0 Å². The number of hydrogen-bond acceptors (Lipinski definition) is 5. The number of carbonyl (C=O) groups is 1. The summed E-state index contributed by atoms with van der Waals surface area (Å²) in [6, 6.07) is 15.7. The van der Waals surface area contributed by atoms with Gasteiger partial charge in [0.1, 0.15) is 0 Å². The molecule has 0 unspecified atom stereocenters. The number of esters is 1. The Balaban J connectivity index is 2.05. The molecule has 0 radical (unpaired) electrons. The predicted octanol–water partition coefficient (Wildman–Crippen LogP) is 4.52. The molecular formula is C21H17N3O4. The Morgan fingerprint density at radius 2 is 1.89 bits per heavy atom. The first kappa shape index (κ1) is 17.7. The third-order valence-corrected chi connectivity index (χ3v) is 4.69. The number of nitrogens with zero attached hydrogens (tertiary/aromatic N) is 3. The number of aromatic nitrogens is 2. The first-order chi connectivity index (χ1) is 13.5. The number of fused-ring (bicyclic) bond motifs is 3. The highest BCUT2D eigenvalue weighted by Crippen LogP contribution is 2.36. The Hall–Kier alpha value is -3.74. The van der Waals surface area contributed by atoms with Crippen LogP contribution in [0, 0.1) is 17.0 Å². The van der Waals surface area contributed by atoms with E-state index >= 15 is 0 Å². The van der Waals surface area contributed by atoms with Gasteiger partial charge in [-0.2, -0.15) is 0 Å². The van der Waals surface area contributed by atoms with E-state index in [4.69, 9.17) is 4.74 Å². The molecule has 0 aromatic heterocycles. The maximum absolute atomic E-state index is 12.5. The summed E-state index contributed by atoms with van der Waals surface area (Å²) >= 11 is 0. The molecule has 0 saturated carbocycles. The van der Waals surface area contributed by atoms with Crippen molar-refractivity contribution in [2.75, 3.05) is 6.61 Å². The van der Waals surface area contributed by atoms with Gasteiger partial charge in [0.2, 0.25) is 0 Å². The van der Waals surface area contributed by atoms with Gasteiger partial charge >= 0.3 is 5.97 Å². The normalized spacial score (nSPS) is 11.1. The zero-order valence-electron chi connectivity index (χ0n) is 15.4. The minimum atomic E-state index is -0.439. The van der Waals surface area contributed by atoms with Gasteiger partial charge in [-0.15, -0.1) is 0 Å². The molecule has 0 saturated heterocycles. The number of nitro benzene ring substituents is 1. The van der Waals surface area contributed by atoms with Crippen LogP contribution in [0.4, 0.5) is 5.69 Å². The van der Waals surface area contributed by atoms with Gasteiger partial charge in [0, 0.05) is 28.9 Å². The third-order valence-electron chi connectivity index (χ3n) is 4.69. The molecule has 7 heteroatoms. The first-order valence-corrected chi connectivity index (χ1v) is 8.84. The number of non-ortho nitro benzene ring substituents is 1. The van der Waals surface area contributed by atoms with Gasteiger partial charge in [0.25, 0.3) is 5.69 Å². The van der Waals surface area contributed by atoms with E-state index in [1.165, 1.54) is 12.1 Å². The summed E-state index contributed by atoms with van der Waals surface area (Å²) in [5, 5.41) is 11.9. The summed E-state index contributed by atoms with van der Waals surface area (Å²) < 4.78 is 7.11. The lowest BCUT2D eigenvalue weighted by Gasteiger charge is -2.19. The Labute approximate surface area is 160 Å². The van der Waals surface area contributed by atoms with Crippen LogP contribution in [0.2, 0.25) is 0 Å². The second-order valence-corrected chi connectivity index (χ2v) is 6.34. The van der Waals surface area contributed by atoms with Crippen molar-refractivity contribution in [2.24, 2.45) is 0 Å². The van der Waals surface area contributed by atoms with E-state index in [1.54, 1.807) is 25.1 Å². The van der Waals surface area contributed by atoms with E-state index in [0.717, 1.165) is 16.6 Å². The number of para-hydroxylation sites is 1. The molecule has 0 aliphatic carbocycles. The van der Waals surface area contributed by atoms with Gasteiger partial charge in [-0.1, -0.05) is 18.2 Å². The topological polar surface area (TPSA) is 87.3 Å². The molecule has 2 aliphatic heterocycles. The van der Waals surface area contributed by atoms with Crippen molar-refractivity contribution in [3.05, 3.63) is 76.0 Å². The smallest absolute Gasteiger partial charge is 0.339 e. The standard InChI is InChI=1S/C21H17N3O4/c1-3-28-21(25)17-12-19-20(16-6-4-5-7-18(16)22-19)23(13(17)2)14-8-10-15(11-9-14)24(26)27/h4-12H,3H2,1-2H3. The van der Waals surface area contributed by atoms with Crippen LogP contribution in [0.3, 0.4) is 0 Å². The van der Waals surface area contributed by atoms with Crippen molar-refractivity contribution in [3.63, 3.8) is 0 Å². The number of hydrogen-bond donors (Lipinski definition) is 0. The number of pyridine rings is 1. The second kappa shape index (κ2) is 6.77. The van der Waals surface area contributed by atoms with Crippen LogP contribution < -0.4 is 0 Å². The van der Waals surface area contributed by atoms with Crippen LogP contribution in [0.5, 0.6) is 0 Å². The molecule has 0 bridgehead atoms. The van der Waals surface area contributed by atoms with Crippen molar-refractivity contribution < 1.29 is 14.5 Å². The number of benzene rings is 2. The predicted molar refractivity (Wildman–Crippen MR) is 105 cm³/mol. The lowest BCUT2D eigenvalue weighted by atomic mass is 10.1. The summed E-state index contributed by atoms with van der Waals surface area (Å²) in [7, 11) is 0. The molecule has 2 aliphatic rings. The Kier molecular flexibility index (Phi) is 4.27. The highest BCUT2D eigenvalue weighted by atomic mass is 16.6. The number of nitro groups is 1. The Morgan fingerprint density at radius 1 is 1.18 bits per heavy atom. The molecule has 7 nitrogen and oxygen atoms in total. The molecule has 0 N–H and O–H groups in total. The van der Waals surface area contributed by atoms with Crippen molar-refractivity contribution in [2.45, 2.75) is 13.8 Å². The molecule has 2 aromatic rings. The van der Waals surface area contributed by atoms with E-state index in [9.17, 15) is 14.9 Å². The van der Waals surface area contributed by atoms with E-state index in [2.05, 4.69) is 4.98 Å². The molecule has 0 fully saturated rings. The Morgan fingerprint density at radius 3 is 2.57 bits per heavy atom. The van der Waals surface area contributed by atoms with Gasteiger partial charge in [-0.05, 0) is 38.1 Å². The van der Waals surface area contributed by atoms with Crippen molar-refractivity contribution in [3.8, 4) is 17.1 Å². The van der Waals surface area contributed by atoms with Gasteiger partial charge in [-0.3, -0.25) is 10.1 Å². The van der Waals surface area contributed by atoms with Crippen molar-refractivity contribution >= 4 is 22.6 Å². The highest BCUT2D eigenvalue weighted by molar-refractivity contribution is 6.00. The summed E-state index contributed by atoms with van der Waals surface area (Å²) in [5.74, 6) is -0.426. The fourth-order valence-corrected chi connectivity index (χ4v) is 3.42. The van der Waals surface area contributed by atoms with Crippen molar-refractivity contribution in [1.82, 2.24) is 9.55 Å². The minimum Gasteiger partial charge on any atom is -0.462 e. The van der Waals surface area contributed by atoms with Gasteiger partial charge in [-0.25, -0.2) is 9.78 Å². The average Bonchev–Trinajstić information content (AvgIpc) is 3.06. The number of ether oxygens (including phenoxy) is 1. The van der Waals surface area contributed by atoms with E-state index in [-0.39, 0.29) is 12.3 Å². The molecule has 4 rings (SSSR count). The monoisotopic (exact) mass is 375 g/mol. The minimum absolute atomic E-state index is 0.00489. The summed E-state index contributed by atoms with van der Waals surface area (Å²) in [5.41, 5.74) is 4.12. The SMILES string of the molecule is CCOC(=O)c1cc2nc3ccccc3c-2n(-c2ccc([N+](=O)[O-])cc2)c1C. The van der Waals surface area contributed by atoms with Gasteiger partial charge in [0.05, 0.1) is 34.0 Å². The lowest BCUT2D eigenvalue weighted by molar-refractivity contribution is -0.384. The van der Waals surface area contributed by atoms with Gasteiger partial charge < -0.3 is 9.30 Å². The lowest BCUT2D eigenvalue weighted by Crippen LogP contribution is -2.14. The Bertz CT molecular complexity index is 1180. The van der Waals surface area contributed by atoms with Crippen LogP contribution in [0.1, 0.15) is 23.0 Å². The summed E-state index contributed by atoms with van der Waals surface area (Å²) in [6.45, 7) is 3.85. The van der Waals surface area contributed by atoms with Crippen LogP contribution in [0.15, 0.2) is 54.6 Å². The van der Waals surface area contributed by atoms with Crippen LogP contribution >= 0.6 is 0 Å². The number of rotatable bonds is 4. The molecule has 0 atom stereocenters. The maximum Gasteiger partial charge on any atom is 0.339 e. The van der Waals surface area contributed by atoms with Crippen LogP contribution in [-0.2, 0) is 4.74 Å². The molecule has 0 spiro atoms. The largest absolute Gasteiger partial charge is 0.462 e. The fraction of sp³-hybridized carbons (Fsp3) is 0.143. The third kappa shape index (κ3) is 2.77. The van der Waals surface area contributed by atoms with E-state index in [1.807, 2.05) is 35.8 Å². The summed E-state index contributed by atoms with van der Waals surface area (Å²) in [4.78, 5) is 27.7. The quantitative estimate of drug-likeness (QED) is 0.297. The molecule has 0 amide bonds. The first-order valence-electron chi connectivity index (χ1n) is 8.84. The zero-order valence-corrected chi connectivity index (χ0v) is 15.4. The van der Waals surface area contributed by atoms with Gasteiger partial charge in [0.15, 0.2) is 0 Å². The fourth-order valence-electron chi connectivity index (χ4n) is 3.42. The van der Waals surface area contributed by atoms with Crippen molar-refractivity contribution in [1.29, 1.82) is 0 Å². The van der Waals surface area contributed by atoms with E-state index in [0.29, 0.717) is 22.6 Å². The molecule has 2 aromatic carbocycles. The highest BCUT2D eigenvalue weighted by Gasteiger charge is 2.24. The zero-order chi connectivity index (χ0) is 19.8. The molecule has 28 heavy (non-hydrogen) atoms. The van der Waals surface area contributed by atoms with E-state index < -0.39 is 10.9 Å².